The average Bonchev–Trinajstić information content (AvgIpc) is 3.75. The Kier molecular flexibility index (Phi) is 6.26. The van der Waals surface area contributed by atoms with E-state index in [4.69, 9.17) is 9.47 Å². The Bertz CT molecular complexity index is 1750. The van der Waals surface area contributed by atoms with E-state index in [0.717, 1.165) is 29.5 Å². The number of hydrogen-bond acceptors (Lipinski definition) is 7. The van der Waals surface area contributed by atoms with Crippen LogP contribution in [0.15, 0.2) is 61.1 Å². The highest BCUT2D eigenvalue weighted by molar-refractivity contribution is 6.02. The van der Waals surface area contributed by atoms with E-state index >= 15 is 0 Å². The minimum Gasteiger partial charge on any atom is -0.545 e. The van der Waals surface area contributed by atoms with E-state index in [1.54, 1.807) is 24.4 Å². The van der Waals surface area contributed by atoms with Crippen LogP contribution in [0.1, 0.15) is 76.1 Å². The van der Waals surface area contributed by atoms with Gasteiger partial charge in [-0.15, -0.1) is 0 Å². The highest BCUT2D eigenvalue weighted by Crippen LogP contribution is 2.42. The molecule has 1 spiro atoms. The first-order chi connectivity index (χ1) is 20.3. The van der Waals surface area contributed by atoms with Crippen LogP contribution in [-0.2, 0) is 0 Å². The van der Waals surface area contributed by atoms with Gasteiger partial charge >= 0.3 is 0 Å². The molecular formula is C33H30N3O6-. The zero-order chi connectivity index (χ0) is 29.0. The number of fused-ring (bicyclic) bond motifs is 2. The van der Waals surface area contributed by atoms with Crippen molar-refractivity contribution >= 4 is 28.6 Å². The molecule has 1 aliphatic carbocycles. The second kappa shape index (κ2) is 10.0. The van der Waals surface area contributed by atoms with Crippen molar-refractivity contribution in [3.63, 3.8) is 0 Å². The van der Waals surface area contributed by atoms with E-state index < -0.39 is 11.6 Å². The summed E-state index contributed by atoms with van der Waals surface area (Å²) in [6, 6.07) is 13.1. The quantitative estimate of drug-likeness (QED) is 0.340. The van der Waals surface area contributed by atoms with Crippen molar-refractivity contribution in [1.29, 1.82) is 0 Å². The molecule has 2 aromatic carbocycles. The minimum absolute atomic E-state index is 0.0287. The van der Waals surface area contributed by atoms with E-state index in [1.807, 2.05) is 24.0 Å². The standard InChI is InChI=1S/C33H31N3O6/c1-2-41-30-16-21(15-27-25(30)7-10-36(27)24-4-5-24)31(38)35-11-8-33(9-12-35)17-28(37)26-14-20(3-6-29(26)42-33)22-13-23(32(39)40)19-34-18-22/h3,6-7,10,13-16,18-19,24H,2,4-5,8-9,11-12,17H2,1H3,(H,39,40)/p-1. The first kappa shape index (κ1) is 26.3. The number of ketones is 1. The molecule has 2 aromatic heterocycles. The number of aromatic nitrogens is 2. The maximum atomic E-state index is 13.7. The van der Waals surface area contributed by atoms with Crippen molar-refractivity contribution in [2.24, 2.45) is 0 Å². The normalized spacial score (nSPS) is 17.6. The van der Waals surface area contributed by atoms with Crippen LogP contribution in [0.5, 0.6) is 11.5 Å². The molecule has 1 saturated carbocycles. The van der Waals surface area contributed by atoms with Gasteiger partial charge in [-0.25, -0.2) is 0 Å². The molecule has 1 amide bonds. The molecule has 42 heavy (non-hydrogen) atoms. The largest absolute Gasteiger partial charge is 0.545 e. The number of carboxylic acids is 1. The molecule has 0 N–H and O–H groups in total. The van der Waals surface area contributed by atoms with Gasteiger partial charge in [0.1, 0.15) is 17.1 Å². The second-order valence-corrected chi connectivity index (χ2v) is 11.4. The number of carboxylic acid groups (broad SMARTS) is 1. The Balaban J connectivity index is 1.09. The maximum Gasteiger partial charge on any atom is 0.254 e. The summed E-state index contributed by atoms with van der Waals surface area (Å²) in [5.41, 5.74) is 2.66. The second-order valence-electron chi connectivity index (χ2n) is 11.4. The number of carbonyl (C=O) groups excluding carboxylic acids is 3. The SMILES string of the molecule is CCOc1cc(C(=O)N2CCC3(CC2)CC(=O)c2cc(-c4cncc(C(=O)[O-])c4)ccc2O3)cc2c1ccn2C1CC1. The molecule has 2 aliphatic heterocycles. The smallest absolute Gasteiger partial charge is 0.254 e. The maximum absolute atomic E-state index is 13.7. The Morgan fingerprint density at radius 2 is 1.86 bits per heavy atom. The van der Waals surface area contributed by atoms with Crippen molar-refractivity contribution in [2.75, 3.05) is 19.7 Å². The number of piperidine rings is 1. The van der Waals surface area contributed by atoms with Crippen LogP contribution < -0.4 is 14.6 Å². The number of aromatic carboxylic acids is 1. The molecular weight excluding hydrogens is 534 g/mol. The summed E-state index contributed by atoms with van der Waals surface area (Å²) >= 11 is 0. The number of amides is 1. The van der Waals surface area contributed by atoms with Crippen LogP contribution in [0, 0.1) is 0 Å². The van der Waals surface area contributed by atoms with E-state index in [9.17, 15) is 19.5 Å². The predicted molar refractivity (Wildman–Crippen MR) is 153 cm³/mol. The summed E-state index contributed by atoms with van der Waals surface area (Å²) in [5, 5.41) is 12.3. The molecule has 0 radical (unpaired) electrons. The summed E-state index contributed by atoms with van der Waals surface area (Å²) in [7, 11) is 0. The molecule has 9 nitrogen and oxygen atoms in total. The lowest BCUT2D eigenvalue weighted by molar-refractivity contribution is -0.255. The number of benzene rings is 2. The van der Waals surface area contributed by atoms with E-state index in [1.165, 1.54) is 12.3 Å². The van der Waals surface area contributed by atoms with Gasteiger partial charge in [-0.2, -0.15) is 0 Å². The molecule has 2 fully saturated rings. The van der Waals surface area contributed by atoms with Gasteiger partial charge in [0.2, 0.25) is 0 Å². The van der Waals surface area contributed by atoms with Gasteiger partial charge in [0.15, 0.2) is 5.78 Å². The van der Waals surface area contributed by atoms with Gasteiger partial charge in [0.25, 0.3) is 5.91 Å². The van der Waals surface area contributed by atoms with E-state index in [-0.39, 0.29) is 23.7 Å². The zero-order valence-corrected chi connectivity index (χ0v) is 23.3. The number of nitrogens with zero attached hydrogens (tertiary/aromatic N) is 3. The fourth-order valence-corrected chi connectivity index (χ4v) is 6.26. The fourth-order valence-electron chi connectivity index (χ4n) is 6.26. The Hall–Kier alpha value is -4.66. The third-order valence-electron chi connectivity index (χ3n) is 8.65. The molecule has 4 aromatic rings. The predicted octanol–water partition coefficient (Wildman–Crippen LogP) is 4.44. The molecule has 0 atom stereocenters. The third kappa shape index (κ3) is 4.58. The summed E-state index contributed by atoms with van der Waals surface area (Å²) in [6.45, 7) is 3.42. The van der Waals surface area contributed by atoms with Crippen LogP contribution in [0.25, 0.3) is 22.0 Å². The molecule has 0 bridgehead atoms. The number of pyridine rings is 1. The van der Waals surface area contributed by atoms with Crippen molar-refractivity contribution in [3.8, 4) is 22.6 Å². The molecule has 4 heterocycles. The fraction of sp³-hybridized carbons (Fsp3) is 0.333. The van der Waals surface area contributed by atoms with Gasteiger partial charge in [-0.1, -0.05) is 6.07 Å². The van der Waals surface area contributed by atoms with Gasteiger partial charge < -0.3 is 28.8 Å². The Labute approximate surface area is 242 Å². The zero-order valence-electron chi connectivity index (χ0n) is 23.3. The molecule has 3 aliphatic rings. The molecule has 9 heteroatoms. The first-order valence-corrected chi connectivity index (χ1v) is 14.4. The van der Waals surface area contributed by atoms with E-state index in [2.05, 4.69) is 21.8 Å². The van der Waals surface area contributed by atoms with Crippen molar-refractivity contribution in [2.45, 2.75) is 50.7 Å². The number of carbonyl (C=O) groups is 3. The number of rotatable bonds is 6. The van der Waals surface area contributed by atoms with Gasteiger partial charge in [-0.05, 0) is 61.7 Å². The van der Waals surface area contributed by atoms with Crippen molar-refractivity contribution in [3.05, 3.63) is 77.7 Å². The summed E-state index contributed by atoms with van der Waals surface area (Å²) in [5.74, 6) is -0.154. The molecule has 214 valence electrons. The monoisotopic (exact) mass is 564 g/mol. The average molecular weight is 565 g/mol. The van der Waals surface area contributed by atoms with Crippen LogP contribution in [0.3, 0.4) is 0 Å². The molecule has 1 saturated heterocycles. The topological polar surface area (TPSA) is 114 Å². The van der Waals surface area contributed by atoms with Crippen LogP contribution in [0.2, 0.25) is 0 Å². The minimum atomic E-state index is -1.31. The van der Waals surface area contributed by atoms with Crippen LogP contribution in [-0.4, -0.2) is 57.4 Å². The lowest BCUT2D eigenvalue weighted by Crippen LogP contribution is -2.52. The summed E-state index contributed by atoms with van der Waals surface area (Å²) in [6.07, 6.45) is 8.47. The summed E-state index contributed by atoms with van der Waals surface area (Å²) < 4.78 is 14.6. The number of hydrogen-bond donors (Lipinski definition) is 0. The third-order valence-corrected chi connectivity index (χ3v) is 8.65. The number of Topliss-reactive ketones (excluding diaryl/α,β-unsaturated/α-hetero) is 1. The van der Waals surface area contributed by atoms with Crippen LogP contribution >= 0.6 is 0 Å². The van der Waals surface area contributed by atoms with Crippen molar-refractivity contribution < 1.29 is 29.0 Å². The van der Waals surface area contributed by atoms with Gasteiger partial charge in [0, 0.05) is 72.6 Å². The molecule has 0 unspecified atom stereocenters. The Morgan fingerprint density at radius 3 is 2.60 bits per heavy atom. The van der Waals surface area contributed by atoms with E-state index in [0.29, 0.717) is 66.6 Å². The van der Waals surface area contributed by atoms with Gasteiger partial charge in [-0.3, -0.25) is 14.6 Å². The lowest BCUT2D eigenvalue weighted by atomic mass is 9.82. The first-order valence-electron chi connectivity index (χ1n) is 14.4. The number of ether oxygens (including phenoxy) is 2. The van der Waals surface area contributed by atoms with Gasteiger partial charge in [0.05, 0.1) is 30.1 Å². The van der Waals surface area contributed by atoms with Crippen molar-refractivity contribution in [1.82, 2.24) is 14.5 Å². The highest BCUT2D eigenvalue weighted by atomic mass is 16.5. The summed E-state index contributed by atoms with van der Waals surface area (Å²) in [4.78, 5) is 44.1. The molecule has 7 rings (SSSR count). The lowest BCUT2D eigenvalue weighted by Gasteiger charge is -2.44. The Morgan fingerprint density at radius 1 is 1.05 bits per heavy atom. The number of likely N-dealkylation sites (tertiary alicyclic amines) is 1. The highest BCUT2D eigenvalue weighted by Gasteiger charge is 2.44. The van der Waals surface area contributed by atoms with Crippen LogP contribution in [0.4, 0.5) is 0 Å².